The minimum Gasteiger partial charge on any atom is -0.390 e. The van der Waals surface area contributed by atoms with Crippen LogP contribution >= 0.6 is 11.6 Å². The number of hydrogen-bond acceptors (Lipinski definition) is 3. The van der Waals surface area contributed by atoms with Crippen LogP contribution in [-0.4, -0.2) is 26.0 Å². The van der Waals surface area contributed by atoms with Crippen LogP contribution in [0.3, 0.4) is 0 Å². The van der Waals surface area contributed by atoms with Crippen molar-refractivity contribution < 1.29 is 5.11 Å². The van der Waals surface area contributed by atoms with E-state index in [4.69, 9.17) is 11.6 Å². The van der Waals surface area contributed by atoms with Gasteiger partial charge in [-0.15, -0.1) is 0 Å². The summed E-state index contributed by atoms with van der Waals surface area (Å²) in [6.45, 7) is 8.31. The molecule has 23 heavy (non-hydrogen) atoms. The minimum atomic E-state index is -0.502. The van der Waals surface area contributed by atoms with Gasteiger partial charge >= 0.3 is 0 Å². The Bertz CT molecular complexity index is 607. The Morgan fingerprint density at radius 3 is 2.52 bits per heavy atom. The van der Waals surface area contributed by atoms with Crippen molar-refractivity contribution in [2.75, 3.05) is 0 Å². The zero-order chi connectivity index (χ0) is 17.0. The van der Waals surface area contributed by atoms with Crippen LogP contribution in [0.4, 0.5) is 0 Å². The normalized spacial score (nSPS) is 16.1. The molecule has 1 aromatic carbocycles. The summed E-state index contributed by atoms with van der Waals surface area (Å²) in [5.41, 5.74) is 0.921. The van der Waals surface area contributed by atoms with Crippen LogP contribution in [0, 0.1) is 11.3 Å². The quantitative estimate of drug-likeness (QED) is 0.862. The van der Waals surface area contributed by atoms with Gasteiger partial charge in [0.25, 0.3) is 0 Å². The molecule has 1 aromatic heterocycles. The van der Waals surface area contributed by atoms with Crippen LogP contribution in [0.15, 0.2) is 36.9 Å². The molecule has 0 amide bonds. The Kier molecular flexibility index (Phi) is 5.82. The van der Waals surface area contributed by atoms with E-state index in [1.807, 2.05) is 39.0 Å². The van der Waals surface area contributed by atoms with Crippen LogP contribution in [0.25, 0.3) is 0 Å². The van der Waals surface area contributed by atoms with E-state index >= 15 is 0 Å². The molecule has 1 heterocycles. The molecule has 0 fully saturated rings. The summed E-state index contributed by atoms with van der Waals surface area (Å²) in [5.74, 6) is 0.362. The lowest BCUT2D eigenvalue weighted by atomic mass is 9.81. The van der Waals surface area contributed by atoms with Crippen molar-refractivity contribution in [1.82, 2.24) is 14.8 Å². The topological polar surface area (TPSA) is 50.9 Å². The first-order valence-electron chi connectivity index (χ1n) is 8.04. The molecule has 0 saturated carbocycles. The molecule has 4 nitrogen and oxygen atoms in total. The number of aliphatic hydroxyl groups is 1. The molecule has 2 rings (SSSR count). The first-order valence-corrected chi connectivity index (χ1v) is 8.42. The fraction of sp³-hybridized carbons (Fsp3) is 0.556. The Morgan fingerprint density at radius 2 is 1.96 bits per heavy atom. The lowest BCUT2D eigenvalue weighted by Gasteiger charge is -2.34. The van der Waals surface area contributed by atoms with Gasteiger partial charge in [-0.2, -0.15) is 5.10 Å². The molecule has 5 heteroatoms. The molecule has 126 valence electrons. The number of rotatable bonds is 6. The van der Waals surface area contributed by atoms with E-state index in [1.165, 1.54) is 6.33 Å². The first-order chi connectivity index (χ1) is 10.8. The van der Waals surface area contributed by atoms with Gasteiger partial charge in [-0.25, -0.2) is 9.67 Å². The van der Waals surface area contributed by atoms with Crippen molar-refractivity contribution in [1.29, 1.82) is 0 Å². The summed E-state index contributed by atoms with van der Waals surface area (Å²) >= 11 is 6.26. The fourth-order valence-corrected chi connectivity index (χ4v) is 3.10. The maximum Gasteiger partial charge on any atom is 0.137 e. The van der Waals surface area contributed by atoms with E-state index < -0.39 is 6.10 Å². The van der Waals surface area contributed by atoms with E-state index in [0.717, 1.165) is 23.4 Å². The van der Waals surface area contributed by atoms with E-state index in [2.05, 4.69) is 23.1 Å². The molecule has 0 spiro atoms. The molecule has 3 unspecified atom stereocenters. The first kappa shape index (κ1) is 18.0. The van der Waals surface area contributed by atoms with Crippen LogP contribution in [0.2, 0.25) is 5.02 Å². The highest BCUT2D eigenvalue weighted by molar-refractivity contribution is 6.31. The van der Waals surface area contributed by atoms with Gasteiger partial charge in [0.05, 0.1) is 12.1 Å². The van der Waals surface area contributed by atoms with E-state index in [0.29, 0.717) is 5.92 Å². The van der Waals surface area contributed by atoms with E-state index in [9.17, 15) is 5.11 Å². The number of aromatic nitrogens is 3. The summed E-state index contributed by atoms with van der Waals surface area (Å²) in [7, 11) is 0. The lowest BCUT2D eigenvalue weighted by Crippen LogP contribution is -2.37. The molecule has 1 N–H and O–H groups in total. The Balaban J connectivity index is 2.13. The molecule has 2 aromatic rings. The second-order valence-electron chi connectivity index (χ2n) is 7.39. The van der Waals surface area contributed by atoms with Crippen molar-refractivity contribution in [3.63, 3.8) is 0 Å². The van der Waals surface area contributed by atoms with Crippen LogP contribution < -0.4 is 0 Å². The standard InChI is InChI=1S/C18H26ClN3O/c1-13(9-14-7-5-6-8-15(14)19)10-16(17(23)18(2,3)4)22-12-20-11-21-22/h5-8,11-13,16-17,23H,9-10H2,1-4H3. The number of aliphatic hydroxyl groups excluding tert-OH is 1. The van der Waals surface area contributed by atoms with Gasteiger partial charge in [-0.05, 0) is 35.8 Å². The zero-order valence-electron chi connectivity index (χ0n) is 14.3. The third kappa shape index (κ3) is 4.79. The second kappa shape index (κ2) is 7.45. The molecule has 0 aliphatic heterocycles. The largest absolute Gasteiger partial charge is 0.390 e. The maximum absolute atomic E-state index is 10.8. The van der Waals surface area contributed by atoms with Crippen molar-refractivity contribution >= 4 is 11.6 Å². The van der Waals surface area contributed by atoms with E-state index in [1.54, 1.807) is 11.0 Å². The van der Waals surface area contributed by atoms with Gasteiger partial charge in [0.15, 0.2) is 0 Å². The van der Waals surface area contributed by atoms with Crippen LogP contribution in [0.1, 0.15) is 45.7 Å². The summed E-state index contributed by atoms with van der Waals surface area (Å²) < 4.78 is 1.78. The van der Waals surface area contributed by atoms with Crippen molar-refractivity contribution in [3.8, 4) is 0 Å². The fourth-order valence-electron chi connectivity index (χ4n) is 2.88. The zero-order valence-corrected chi connectivity index (χ0v) is 15.0. The highest BCUT2D eigenvalue weighted by atomic mass is 35.5. The molecule has 3 atom stereocenters. The molecule has 0 saturated heterocycles. The number of nitrogens with zero attached hydrogens (tertiary/aromatic N) is 3. The predicted molar refractivity (Wildman–Crippen MR) is 93.5 cm³/mol. The van der Waals surface area contributed by atoms with Gasteiger partial charge in [-0.1, -0.05) is 57.5 Å². The summed E-state index contributed by atoms with van der Waals surface area (Å²) in [5, 5.41) is 15.8. The third-order valence-electron chi connectivity index (χ3n) is 4.20. The summed E-state index contributed by atoms with van der Waals surface area (Å²) in [6.07, 6.45) is 4.38. The molecular weight excluding hydrogens is 310 g/mol. The predicted octanol–water partition coefficient (Wildman–Crippen LogP) is 4.15. The number of benzene rings is 1. The van der Waals surface area contributed by atoms with Crippen LogP contribution in [-0.2, 0) is 6.42 Å². The van der Waals surface area contributed by atoms with Crippen molar-refractivity contribution in [2.45, 2.75) is 52.7 Å². The smallest absolute Gasteiger partial charge is 0.137 e. The monoisotopic (exact) mass is 335 g/mol. The van der Waals surface area contributed by atoms with Gasteiger partial charge in [-0.3, -0.25) is 0 Å². The molecule has 0 aliphatic carbocycles. The van der Waals surface area contributed by atoms with Crippen LogP contribution in [0.5, 0.6) is 0 Å². The highest BCUT2D eigenvalue weighted by Crippen LogP contribution is 2.33. The molecular formula is C18H26ClN3O. The Morgan fingerprint density at radius 1 is 1.26 bits per heavy atom. The highest BCUT2D eigenvalue weighted by Gasteiger charge is 2.33. The Hall–Kier alpha value is -1.39. The number of halogens is 1. The maximum atomic E-state index is 10.8. The van der Waals surface area contributed by atoms with Crippen molar-refractivity contribution in [3.05, 3.63) is 47.5 Å². The number of hydrogen-bond donors (Lipinski definition) is 1. The Labute approximate surface area is 143 Å². The van der Waals surface area contributed by atoms with E-state index in [-0.39, 0.29) is 11.5 Å². The molecule has 0 radical (unpaired) electrons. The van der Waals surface area contributed by atoms with Gasteiger partial charge < -0.3 is 5.11 Å². The van der Waals surface area contributed by atoms with Crippen molar-refractivity contribution in [2.24, 2.45) is 11.3 Å². The molecule has 0 bridgehead atoms. The lowest BCUT2D eigenvalue weighted by molar-refractivity contribution is 0.00439. The average Bonchev–Trinajstić information content (AvgIpc) is 2.99. The van der Waals surface area contributed by atoms with Gasteiger partial charge in [0, 0.05) is 5.02 Å². The third-order valence-corrected chi connectivity index (χ3v) is 4.57. The SMILES string of the molecule is CC(Cc1ccccc1Cl)CC(C(O)C(C)(C)C)n1cncn1. The molecule has 0 aliphatic rings. The average molecular weight is 336 g/mol. The second-order valence-corrected chi connectivity index (χ2v) is 7.80. The summed E-state index contributed by atoms with van der Waals surface area (Å²) in [6, 6.07) is 7.83. The summed E-state index contributed by atoms with van der Waals surface area (Å²) in [4.78, 5) is 4.03. The minimum absolute atomic E-state index is 0.102. The van der Waals surface area contributed by atoms with Gasteiger partial charge in [0.1, 0.15) is 12.7 Å². The van der Waals surface area contributed by atoms with Gasteiger partial charge in [0.2, 0.25) is 0 Å².